The van der Waals surface area contributed by atoms with Crippen LogP contribution in [0.5, 0.6) is 0 Å². The van der Waals surface area contributed by atoms with E-state index in [1.54, 1.807) is 24.3 Å². The molecule has 1 aliphatic carbocycles. The van der Waals surface area contributed by atoms with E-state index in [-0.39, 0.29) is 17.5 Å². The minimum Gasteiger partial charge on any atom is -0.350 e. The fourth-order valence-electron chi connectivity index (χ4n) is 4.39. The van der Waals surface area contributed by atoms with Crippen LogP contribution in [-0.4, -0.2) is 17.7 Å². The van der Waals surface area contributed by atoms with Gasteiger partial charge in [0, 0.05) is 26.7 Å². The minimum absolute atomic E-state index is 0.0360. The molecule has 6 nitrogen and oxygen atoms in total. The lowest BCUT2D eigenvalue weighted by Gasteiger charge is -2.15. The maximum atomic E-state index is 13.5. The van der Waals surface area contributed by atoms with Crippen LogP contribution in [-0.2, 0) is 14.4 Å². The summed E-state index contributed by atoms with van der Waals surface area (Å²) >= 11 is 4.63. The zero-order chi connectivity index (χ0) is 25.1. The second kappa shape index (κ2) is 10.7. The molecule has 0 aromatic heterocycles. The smallest absolute Gasteiger partial charge is 0.283 e. The Labute approximate surface area is 222 Å². The number of halogens is 1. The Bertz CT molecular complexity index is 1340. The second-order valence-electron chi connectivity index (χ2n) is 8.72. The third-order valence-electron chi connectivity index (χ3n) is 6.22. The van der Waals surface area contributed by atoms with E-state index in [4.69, 9.17) is 0 Å². The average Bonchev–Trinajstić information content (AvgIpc) is 3.50. The Morgan fingerprint density at radius 3 is 2.31 bits per heavy atom. The molecule has 1 heterocycles. The molecule has 1 fully saturated rings. The molecule has 3 amide bonds. The van der Waals surface area contributed by atoms with E-state index >= 15 is 0 Å². The van der Waals surface area contributed by atoms with E-state index in [1.165, 1.54) is 16.7 Å². The van der Waals surface area contributed by atoms with Crippen molar-refractivity contribution in [3.63, 3.8) is 0 Å². The van der Waals surface area contributed by atoms with E-state index in [1.807, 2.05) is 54.6 Å². The van der Waals surface area contributed by atoms with Gasteiger partial charge in [0.05, 0.1) is 5.69 Å². The van der Waals surface area contributed by atoms with Crippen LogP contribution in [0.25, 0.3) is 0 Å². The van der Waals surface area contributed by atoms with E-state index in [0.29, 0.717) is 22.0 Å². The molecule has 2 N–H and O–H groups in total. The van der Waals surface area contributed by atoms with Gasteiger partial charge in [-0.2, -0.15) is 0 Å². The molecule has 3 aromatic rings. The van der Waals surface area contributed by atoms with E-state index < -0.39 is 11.8 Å². The Morgan fingerprint density at radius 2 is 1.58 bits per heavy atom. The molecule has 2 aliphatic rings. The van der Waals surface area contributed by atoms with Crippen molar-refractivity contribution in [3.8, 4) is 0 Å². The largest absolute Gasteiger partial charge is 0.350 e. The van der Waals surface area contributed by atoms with Crippen LogP contribution in [0.15, 0.2) is 98.8 Å². The summed E-state index contributed by atoms with van der Waals surface area (Å²) in [6.45, 7) is 0. The van der Waals surface area contributed by atoms with Crippen LogP contribution in [0.3, 0.4) is 0 Å². The third-order valence-corrected chi connectivity index (χ3v) is 7.82. The lowest BCUT2D eigenvalue weighted by molar-refractivity contribution is -0.121. The molecule has 0 bridgehead atoms. The first-order valence-corrected chi connectivity index (χ1v) is 13.4. The number of carbonyl (C=O) groups excluding carboxylic acids is 3. The van der Waals surface area contributed by atoms with Gasteiger partial charge in [0.2, 0.25) is 5.91 Å². The number of nitrogens with one attached hydrogen (secondary N) is 2. The molecule has 1 aliphatic heterocycles. The van der Waals surface area contributed by atoms with E-state index in [0.717, 1.165) is 35.1 Å². The van der Waals surface area contributed by atoms with E-state index in [9.17, 15) is 14.4 Å². The number of thioether (sulfide) groups is 1. The van der Waals surface area contributed by atoms with Crippen LogP contribution in [0.1, 0.15) is 25.7 Å². The quantitative estimate of drug-likeness (QED) is 0.319. The third kappa shape index (κ3) is 5.24. The van der Waals surface area contributed by atoms with Gasteiger partial charge in [-0.05, 0) is 67.4 Å². The van der Waals surface area contributed by atoms with Crippen molar-refractivity contribution in [3.05, 3.63) is 93.9 Å². The van der Waals surface area contributed by atoms with Crippen molar-refractivity contribution in [1.82, 2.24) is 0 Å². The molecule has 3 aromatic carbocycles. The molecule has 0 unspecified atom stereocenters. The molecular weight excluding hydrogens is 538 g/mol. The van der Waals surface area contributed by atoms with Gasteiger partial charge >= 0.3 is 0 Å². The number of hydrogen-bond acceptors (Lipinski definition) is 5. The minimum atomic E-state index is -0.415. The Kier molecular flexibility index (Phi) is 7.25. The van der Waals surface area contributed by atoms with Gasteiger partial charge in [0.15, 0.2) is 0 Å². The molecule has 0 spiro atoms. The van der Waals surface area contributed by atoms with Crippen LogP contribution in [0.2, 0.25) is 0 Å². The molecule has 8 heteroatoms. The van der Waals surface area contributed by atoms with Gasteiger partial charge < -0.3 is 10.6 Å². The maximum absolute atomic E-state index is 13.5. The number of hydrogen-bond donors (Lipinski definition) is 2. The SMILES string of the molecule is O=C(Nc1cccc(SC2=C(Nc3ccc(Br)cc3)C(=O)N(c3ccccc3)C2=O)c1)C1CCCC1. The molecular formula is C28H24BrN3O3S. The van der Waals surface area contributed by atoms with Gasteiger partial charge in [0.1, 0.15) is 10.6 Å². The number of carbonyl (C=O) groups is 3. The highest BCUT2D eigenvalue weighted by atomic mass is 79.9. The average molecular weight is 562 g/mol. The molecule has 1 saturated carbocycles. The second-order valence-corrected chi connectivity index (χ2v) is 10.7. The fraction of sp³-hybridized carbons (Fsp3) is 0.179. The molecule has 182 valence electrons. The lowest BCUT2D eigenvalue weighted by Crippen LogP contribution is -2.32. The molecule has 36 heavy (non-hydrogen) atoms. The van der Waals surface area contributed by atoms with Gasteiger partial charge in [0.25, 0.3) is 11.8 Å². The normalized spacial score (nSPS) is 16.1. The molecule has 0 radical (unpaired) electrons. The summed E-state index contributed by atoms with van der Waals surface area (Å²) in [6, 6.07) is 23.7. The summed E-state index contributed by atoms with van der Waals surface area (Å²) in [6.07, 6.45) is 4.02. The van der Waals surface area contributed by atoms with E-state index in [2.05, 4.69) is 26.6 Å². The summed E-state index contributed by atoms with van der Waals surface area (Å²) in [4.78, 5) is 41.8. The standard InChI is InChI=1S/C28H24BrN3O3S/c29-19-13-15-20(16-14-19)30-24-25(28(35)32(27(24)34)22-10-2-1-3-11-22)36-23-12-6-9-21(17-23)31-26(33)18-7-4-5-8-18/h1-3,6,9-18,30H,4-5,7-8H2,(H,31,33). The van der Waals surface area contributed by atoms with Gasteiger partial charge in [-0.15, -0.1) is 0 Å². The number of amides is 3. The van der Waals surface area contributed by atoms with Crippen LogP contribution in [0.4, 0.5) is 17.1 Å². The number of anilines is 3. The maximum Gasteiger partial charge on any atom is 0.283 e. The van der Waals surface area contributed by atoms with Crippen molar-refractivity contribution in [1.29, 1.82) is 0 Å². The van der Waals surface area contributed by atoms with Crippen molar-refractivity contribution >= 4 is 62.5 Å². The van der Waals surface area contributed by atoms with Gasteiger partial charge in [-0.3, -0.25) is 14.4 Å². The number of rotatable bonds is 7. The van der Waals surface area contributed by atoms with Gasteiger partial charge in [-0.1, -0.05) is 64.8 Å². The van der Waals surface area contributed by atoms with Crippen molar-refractivity contribution in [2.45, 2.75) is 30.6 Å². The predicted molar refractivity (Wildman–Crippen MR) is 147 cm³/mol. The number of nitrogens with zero attached hydrogens (tertiary/aromatic N) is 1. The summed E-state index contributed by atoms with van der Waals surface area (Å²) in [7, 11) is 0. The number of benzene rings is 3. The van der Waals surface area contributed by atoms with Crippen molar-refractivity contribution in [2.24, 2.45) is 5.92 Å². The molecule has 0 atom stereocenters. The first kappa shape index (κ1) is 24.3. The van der Waals surface area contributed by atoms with Gasteiger partial charge in [-0.25, -0.2) is 4.90 Å². The monoisotopic (exact) mass is 561 g/mol. The first-order chi connectivity index (χ1) is 17.5. The zero-order valence-corrected chi connectivity index (χ0v) is 21.8. The van der Waals surface area contributed by atoms with Crippen LogP contribution >= 0.6 is 27.7 Å². The summed E-state index contributed by atoms with van der Waals surface area (Å²) in [5.74, 6) is -0.716. The number of imide groups is 1. The lowest BCUT2D eigenvalue weighted by atomic mass is 10.1. The van der Waals surface area contributed by atoms with Crippen LogP contribution < -0.4 is 15.5 Å². The Morgan fingerprint density at radius 1 is 0.861 bits per heavy atom. The van der Waals surface area contributed by atoms with Crippen molar-refractivity contribution < 1.29 is 14.4 Å². The zero-order valence-electron chi connectivity index (χ0n) is 19.4. The fourth-order valence-corrected chi connectivity index (χ4v) is 5.64. The Balaban J connectivity index is 1.44. The topological polar surface area (TPSA) is 78.5 Å². The summed E-state index contributed by atoms with van der Waals surface area (Å²) in [5.41, 5.74) is 2.10. The van der Waals surface area contributed by atoms with Crippen molar-refractivity contribution in [2.75, 3.05) is 15.5 Å². The first-order valence-electron chi connectivity index (χ1n) is 11.8. The summed E-state index contributed by atoms with van der Waals surface area (Å²) < 4.78 is 0.910. The Hall–Kier alpha value is -3.36. The highest BCUT2D eigenvalue weighted by Crippen LogP contribution is 2.38. The number of para-hydroxylation sites is 1. The van der Waals surface area contributed by atoms with Crippen LogP contribution in [0, 0.1) is 5.92 Å². The highest BCUT2D eigenvalue weighted by molar-refractivity contribution is 9.10. The molecule has 5 rings (SSSR count). The predicted octanol–water partition coefficient (Wildman–Crippen LogP) is 6.57. The molecule has 0 saturated heterocycles. The highest BCUT2D eigenvalue weighted by Gasteiger charge is 2.40. The summed E-state index contributed by atoms with van der Waals surface area (Å²) in [5, 5.41) is 6.17.